The smallest absolute Gasteiger partial charge is 0.238 e. The molecule has 0 radical (unpaired) electrons. The summed E-state index contributed by atoms with van der Waals surface area (Å²) < 4.78 is 18.1. The van der Waals surface area contributed by atoms with Gasteiger partial charge in [-0.1, -0.05) is 11.6 Å². The van der Waals surface area contributed by atoms with Crippen LogP contribution in [0.15, 0.2) is 17.3 Å². The summed E-state index contributed by atoms with van der Waals surface area (Å²) in [5, 5.41) is 13.8. The fourth-order valence-electron chi connectivity index (χ4n) is 5.08. The number of aromatic nitrogens is 4. The van der Waals surface area contributed by atoms with Crippen molar-refractivity contribution < 1.29 is 14.1 Å². The van der Waals surface area contributed by atoms with E-state index >= 15 is 0 Å². The number of hydrogen-bond donors (Lipinski definition) is 2. The minimum Gasteiger partial charge on any atom is -0.463 e. The zero-order valence-corrected chi connectivity index (χ0v) is 19.0. The zero-order chi connectivity index (χ0) is 21.9. The Morgan fingerprint density at radius 2 is 1.78 bits per heavy atom. The maximum absolute atomic E-state index is 12.5. The minimum atomic E-state index is -1.31. The van der Waals surface area contributed by atoms with Crippen LogP contribution < -0.4 is 19.9 Å². The highest BCUT2D eigenvalue weighted by Gasteiger charge is 2.43. The first kappa shape index (κ1) is 20.4. The number of hydrogen-bond acceptors (Lipinski definition) is 10. The van der Waals surface area contributed by atoms with Gasteiger partial charge in [-0.2, -0.15) is 9.97 Å². The van der Waals surface area contributed by atoms with Gasteiger partial charge in [0.2, 0.25) is 17.8 Å². The standard InChI is InChI=1S/C20H24ClN7O3S/c21-14-4-22-18(23-5-14)27-6-12-8-28(9-13(12)7-27)19-24-16(26-20(10-29)2-1-3-20)15-17(25-19)31-11-32(15)30/h4-5,12-13,29H,1-3,6-11H2,(H,24,25,26)/t12?,13?,32-/m0/s1. The molecule has 6 rings (SSSR count). The van der Waals surface area contributed by atoms with Crippen LogP contribution in [0.4, 0.5) is 17.7 Å². The number of fused-ring (bicyclic) bond motifs is 2. The first-order valence-corrected chi connectivity index (χ1v) is 12.5. The van der Waals surface area contributed by atoms with E-state index in [1.807, 2.05) is 0 Å². The van der Waals surface area contributed by atoms with Crippen molar-refractivity contribution in [3.05, 3.63) is 17.4 Å². The lowest BCUT2D eigenvalue weighted by molar-refractivity contribution is 0.143. The van der Waals surface area contributed by atoms with Crippen LogP contribution in [0, 0.1) is 11.8 Å². The Bertz CT molecular complexity index is 1050. The molecule has 0 aromatic carbocycles. The van der Waals surface area contributed by atoms with Gasteiger partial charge in [0.05, 0.1) is 29.6 Å². The topological polar surface area (TPSA) is 117 Å². The number of aliphatic hydroxyl groups is 1. The molecule has 2 aromatic rings. The van der Waals surface area contributed by atoms with Crippen molar-refractivity contribution in [2.75, 3.05) is 53.8 Å². The van der Waals surface area contributed by atoms with Gasteiger partial charge in [-0.15, -0.1) is 0 Å². The molecule has 3 aliphatic heterocycles. The van der Waals surface area contributed by atoms with Crippen molar-refractivity contribution in [2.24, 2.45) is 11.8 Å². The second-order valence-corrected chi connectivity index (χ2v) is 10.8. The fraction of sp³-hybridized carbons (Fsp3) is 0.600. The molecule has 32 heavy (non-hydrogen) atoms. The van der Waals surface area contributed by atoms with Crippen molar-refractivity contribution >= 4 is 40.1 Å². The van der Waals surface area contributed by atoms with E-state index in [2.05, 4.69) is 30.1 Å². The number of nitrogens with one attached hydrogen (secondary N) is 1. The summed E-state index contributed by atoms with van der Waals surface area (Å²) >= 11 is 5.91. The second-order valence-electron chi connectivity index (χ2n) is 9.06. The van der Waals surface area contributed by atoms with E-state index in [9.17, 15) is 9.32 Å². The first-order valence-electron chi connectivity index (χ1n) is 10.8. The van der Waals surface area contributed by atoms with Crippen molar-refractivity contribution in [2.45, 2.75) is 29.7 Å². The van der Waals surface area contributed by atoms with Gasteiger partial charge >= 0.3 is 0 Å². The summed E-state index contributed by atoms with van der Waals surface area (Å²) in [6.45, 7) is 3.40. The Morgan fingerprint density at radius 1 is 1.12 bits per heavy atom. The third-order valence-corrected chi connectivity index (χ3v) is 8.36. The van der Waals surface area contributed by atoms with E-state index in [1.54, 1.807) is 12.4 Å². The number of anilines is 3. The summed E-state index contributed by atoms with van der Waals surface area (Å²) in [5.74, 6) is 3.21. The van der Waals surface area contributed by atoms with E-state index in [-0.39, 0.29) is 12.5 Å². The van der Waals surface area contributed by atoms with Gasteiger partial charge in [-0.3, -0.25) is 4.21 Å². The van der Waals surface area contributed by atoms with Crippen molar-refractivity contribution in [1.29, 1.82) is 0 Å². The van der Waals surface area contributed by atoms with Crippen LogP contribution in [0.2, 0.25) is 5.02 Å². The van der Waals surface area contributed by atoms with Gasteiger partial charge in [0.25, 0.3) is 0 Å². The van der Waals surface area contributed by atoms with Crippen molar-refractivity contribution in [3.8, 4) is 5.88 Å². The first-order chi connectivity index (χ1) is 15.5. The maximum Gasteiger partial charge on any atom is 0.238 e. The molecule has 0 bridgehead atoms. The third kappa shape index (κ3) is 3.37. The summed E-state index contributed by atoms with van der Waals surface area (Å²) in [6.07, 6.45) is 6.03. The van der Waals surface area contributed by atoms with Gasteiger partial charge in [-0.25, -0.2) is 9.97 Å². The largest absolute Gasteiger partial charge is 0.463 e. The predicted octanol–water partition coefficient (Wildman–Crippen LogP) is 1.28. The molecule has 0 spiro atoms. The van der Waals surface area contributed by atoms with Crippen LogP contribution in [0.5, 0.6) is 5.88 Å². The highest BCUT2D eigenvalue weighted by Crippen LogP contribution is 2.41. The molecule has 4 aliphatic rings. The van der Waals surface area contributed by atoms with Crippen LogP contribution in [-0.4, -0.2) is 73.5 Å². The lowest BCUT2D eigenvalue weighted by Gasteiger charge is -2.41. The molecule has 170 valence electrons. The molecule has 0 amide bonds. The Morgan fingerprint density at radius 3 is 2.38 bits per heavy atom. The summed E-state index contributed by atoms with van der Waals surface area (Å²) in [5.41, 5.74) is -0.396. The molecule has 1 aliphatic carbocycles. The second kappa shape index (κ2) is 7.67. The molecule has 2 N–H and O–H groups in total. The average molecular weight is 478 g/mol. The van der Waals surface area contributed by atoms with Crippen LogP contribution in [0.25, 0.3) is 0 Å². The van der Waals surface area contributed by atoms with E-state index in [0.29, 0.717) is 45.3 Å². The summed E-state index contributed by atoms with van der Waals surface area (Å²) in [7, 11) is -1.31. The molecular weight excluding hydrogens is 454 g/mol. The van der Waals surface area contributed by atoms with Crippen LogP contribution in [0.3, 0.4) is 0 Å². The molecule has 10 nitrogen and oxygen atoms in total. The molecule has 2 unspecified atom stereocenters. The molecule has 2 saturated heterocycles. The SMILES string of the molecule is O=[S@]1COc2nc(N3CC4CN(c5ncc(Cl)cn5)CC4C3)nc(NC3(CO)CCC3)c21. The lowest BCUT2D eigenvalue weighted by Crippen LogP contribution is -2.48. The molecule has 3 atom stereocenters. The summed E-state index contributed by atoms with van der Waals surface area (Å²) in [4.78, 5) is 23.0. The normalized spacial score (nSPS) is 27.6. The van der Waals surface area contributed by atoms with E-state index in [4.69, 9.17) is 21.3 Å². The van der Waals surface area contributed by atoms with Crippen LogP contribution in [0.1, 0.15) is 19.3 Å². The number of ether oxygens (including phenoxy) is 1. The fourth-order valence-corrected chi connectivity index (χ4v) is 6.13. The van der Waals surface area contributed by atoms with Gasteiger partial charge in [-0.05, 0) is 19.3 Å². The van der Waals surface area contributed by atoms with Gasteiger partial charge < -0.3 is 25.0 Å². The monoisotopic (exact) mass is 477 g/mol. The quantitative estimate of drug-likeness (QED) is 0.652. The predicted molar refractivity (Wildman–Crippen MR) is 120 cm³/mol. The summed E-state index contributed by atoms with van der Waals surface area (Å²) in [6, 6.07) is 0. The van der Waals surface area contributed by atoms with Gasteiger partial charge in [0, 0.05) is 38.0 Å². The molecule has 2 aromatic heterocycles. The maximum atomic E-state index is 12.5. The Labute approximate surface area is 192 Å². The zero-order valence-electron chi connectivity index (χ0n) is 17.4. The van der Waals surface area contributed by atoms with Crippen molar-refractivity contribution in [1.82, 2.24) is 19.9 Å². The number of rotatable bonds is 5. The van der Waals surface area contributed by atoms with E-state index in [0.717, 1.165) is 45.4 Å². The van der Waals surface area contributed by atoms with E-state index in [1.165, 1.54) is 0 Å². The third-order valence-electron chi connectivity index (χ3n) is 7.01. The Balaban J connectivity index is 1.22. The average Bonchev–Trinajstić information content (AvgIpc) is 3.44. The van der Waals surface area contributed by atoms with Crippen LogP contribution in [-0.2, 0) is 10.8 Å². The molecular formula is C20H24ClN7O3S. The molecule has 12 heteroatoms. The van der Waals surface area contributed by atoms with Gasteiger partial charge in [0.1, 0.15) is 15.7 Å². The highest BCUT2D eigenvalue weighted by molar-refractivity contribution is 7.85. The lowest BCUT2D eigenvalue weighted by atomic mass is 9.77. The number of aliphatic hydroxyl groups excluding tert-OH is 1. The Kier molecular flexibility index (Phi) is 4.88. The number of halogens is 1. The van der Waals surface area contributed by atoms with Crippen LogP contribution >= 0.6 is 11.6 Å². The minimum absolute atomic E-state index is 0.0189. The molecule has 5 heterocycles. The van der Waals surface area contributed by atoms with E-state index < -0.39 is 16.3 Å². The highest BCUT2D eigenvalue weighted by atomic mass is 35.5. The van der Waals surface area contributed by atoms with Crippen molar-refractivity contribution in [3.63, 3.8) is 0 Å². The molecule has 3 fully saturated rings. The van der Waals surface area contributed by atoms with Gasteiger partial charge in [0.15, 0.2) is 11.8 Å². The molecule has 1 saturated carbocycles. The Hall–Kier alpha value is -2.24. The number of nitrogens with zero attached hydrogens (tertiary/aromatic N) is 6.